The quantitative estimate of drug-likeness (QED) is 0.648. The molecule has 146 valence electrons. The maximum atomic E-state index is 12.8. The van der Waals surface area contributed by atoms with Crippen LogP contribution in [-0.4, -0.2) is 79.7 Å². The van der Waals surface area contributed by atoms with E-state index in [4.69, 9.17) is 9.84 Å². The van der Waals surface area contributed by atoms with Crippen molar-refractivity contribution in [2.75, 3.05) is 45.9 Å². The lowest BCUT2D eigenvalue weighted by Gasteiger charge is -2.33. The molecule has 0 radical (unpaired) electrons. The Kier molecular flexibility index (Phi) is 7.39. The molecule has 0 aromatic heterocycles. The van der Waals surface area contributed by atoms with Crippen LogP contribution in [-0.2, 0) is 10.0 Å². The Bertz CT molecular complexity index is 714. The number of piperazine rings is 1. The summed E-state index contributed by atoms with van der Waals surface area (Å²) < 4.78 is 32.5. The summed E-state index contributed by atoms with van der Waals surface area (Å²) in [6, 6.07) is 3.97. The summed E-state index contributed by atoms with van der Waals surface area (Å²) in [5.41, 5.74) is -0.152. The molecule has 8 nitrogen and oxygen atoms in total. The van der Waals surface area contributed by atoms with Crippen molar-refractivity contribution in [2.45, 2.75) is 24.7 Å². The third-order valence-electron chi connectivity index (χ3n) is 4.24. The minimum absolute atomic E-state index is 0.0393. The molecule has 0 atom stereocenters. The number of hydrogen-bond donors (Lipinski definition) is 2. The summed E-state index contributed by atoms with van der Waals surface area (Å²) in [6.45, 7) is 4.96. The Balaban J connectivity index is 2.16. The Morgan fingerprint density at radius 2 is 1.92 bits per heavy atom. The third kappa shape index (κ3) is 4.94. The predicted molar refractivity (Wildman–Crippen MR) is 96.1 cm³/mol. The van der Waals surface area contributed by atoms with Crippen LogP contribution in [0.4, 0.5) is 0 Å². The van der Waals surface area contributed by atoms with Gasteiger partial charge in [-0.15, -0.1) is 0 Å². The number of aliphatic hydroxyl groups is 1. The molecule has 1 aromatic rings. The summed E-state index contributed by atoms with van der Waals surface area (Å²) >= 11 is 0. The Morgan fingerprint density at radius 1 is 1.23 bits per heavy atom. The van der Waals surface area contributed by atoms with Gasteiger partial charge in [-0.2, -0.15) is 4.31 Å². The lowest BCUT2D eigenvalue weighted by Crippen LogP contribution is -2.48. The van der Waals surface area contributed by atoms with Crippen LogP contribution < -0.4 is 4.74 Å². The van der Waals surface area contributed by atoms with Crippen LogP contribution >= 0.6 is 0 Å². The molecule has 2 N–H and O–H groups in total. The summed E-state index contributed by atoms with van der Waals surface area (Å²) in [5, 5.41) is 18.2. The zero-order chi connectivity index (χ0) is 19.2. The van der Waals surface area contributed by atoms with Crippen molar-refractivity contribution in [1.29, 1.82) is 0 Å². The van der Waals surface area contributed by atoms with Crippen molar-refractivity contribution < 1.29 is 28.2 Å². The number of carboxylic acids is 1. The van der Waals surface area contributed by atoms with Crippen molar-refractivity contribution in [1.82, 2.24) is 9.21 Å². The van der Waals surface area contributed by atoms with Crippen LogP contribution in [0.25, 0.3) is 0 Å². The van der Waals surface area contributed by atoms with Crippen LogP contribution in [0.3, 0.4) is 0 Å². The molecule has 0 amide bonds. The molecule has 1 fully saturated rings. The van der Waals surface area contributed by atoms with Crippen molar-refractivity contribution in [3.05, 3.63) is 23.8 Å². The summed E-state index contributed by atoms with van der Waals surface area (Å²) in [4.78, 5) is 13.5. The largest absolute Gasteiger partial charge is 0.493 e. The highest BCUT2D eigenvalue weighted by atomic mass is 32.2. The van der Waals surface area contributed by atoms with E-state index in [-0.39, 0.29) is 22.8 Å². The van der Waals surface area contributed by atoms with Crippen LogP contribution in [0.1, 0.15) is 30.1 Å². The maximum Gasteiger partial charge on any atom is 0.339 e. The molecule has 0 unspecified atom stereocenters. The number of aliphatic hydroxyl groups excluding tert-OH is 1. The molecule has 1 saturated heterocycles. The summed E-state index contributed by atoms with van der Waals surface area (Å²) in [5.74, 6) is -1.05. The molecule has 0 bridgehead atoms. The summed E-state index contributed by atoms with van der Waals surface area (Å²) in [6.07, 6.45) is 1.38. The molecular weight excluding hydrogens is 360 g/mol. The Hall–Kier alpha value is -1.68. The first-order valence-corrected chi connectivity index (χ1v) is 10.2. The molecule has 1 aliphatic rings. The topological polar surface area (TPSA) is 107 Å². The standard InChI is InChI=1S/C17H26N2O6S/c1-2-12-25-16-5-4-14(13-15(16)17(21)22)26(23,24)19-9-7-18(8-10-19)6-3-11-20/h4-5,13,20H,2-3,6-12H2,1H3,(H,21,22). The van der Waals surface area contributed by atoms with Crippen molar-refractivity contribution in [2.24, 2.45) is 0 Å². The fourth-order valence-electron chi connectivity index (χ4n) is 2.81. The number of benzene rings is 1. The van der Waals surface area contributed by atoms with E-state index in [2.05, 4.69) is 4.90 Å². The lowest BCUT2D eigenvalue weighted by atomic mass is 10.2. The number of hydrogen-bond acceptors (Lipinski definition) is 6. The van der Waals surface area contributed by atoms with Crippen LogP contribution in [0, 0.1) is 0 Å². The second kappa shape index (κ2) is 9.31. The first-order valence-electron chi connectivity index (χ1n) is 8.73. The first kappa shape index (κ1) is 20.6. The second-order valence-electron chi connectivity index (χ2n) is 6.13. The van der Waals surface area contributed by atoms with Gasteiger partial charge in [-0.05, 0) is 31.0 Å². The zero-order valence-corrected chi connectivity index (χ0v) is 15.7. The monoisotopic (exact) mass is 386 g/mol. The van der Waals surface area contributed by atoms with Gasteiger partial charge in [0, 0.05) is 39.3 Å². The van der Waals surface area contributed by atoms with E-state index >= 15 is 0 Å². The molecule has 0 saturated carbocycles. The molecule has 1 heterocycles. The van der Waals surface area contributed by atoms with Gasteiger partial charge >= 0.3 is 5.97 Å². The molecule has 0 aliphatic carbocycles. The lowest BCUT2D eigenvalue weighted by molar-refractivity contribution is 0.0692. The number of carbonyl (C=O) groups is 1. The van der Waals surface area contributed by atoms with Crippen molar-refractivity contribution >= 4 is 16.0 Å². The minimum atomic E-state index is -3.76. The minimum Gasteiger partial charge on any atom is -0.493 e. The predicted octanol–water partition coefficient (Wildman–Crippen LogP) is 0.862. The number of carboxylic acid groups (broad SMARTS) is 1. The average Bonchev–Trinajstić information content (AvgIpc) is 2.64. The first-order chi connectivity index (χ1) is 12.4. The highest BCUT2D eigenvalue weighted by molar-refractivity contribution is 7.89. The normalized spacial score (nSPS) is 16.5. The number of aromatic carboxylic acids is 1. The van der Waals surface area contributed by atoms with Crippen molar-refractivity contribution in [3.63, 3.8) is 0 Å². The van der Waals surface area contributed by atoms with E-state index in [9.17, 15) is 18.3 Å². The highest BCUT2D eigenvalue weighted by Gasteiger charge is 2.29. The highest BCUT2D eigenvalue weighted by Crippen LogP contribution is 2.25. The van der Waals surface area contributed by atoms with E-state index in [1.165, 1.54) is 22.5 Å². The molecule has 2 rings (SSSR count). The SMILES string of the molecule is CCCOc1ccc(S(=O)(=O)N2CCN(CCCO)CC2)cc1C(=O)O. The van der Waals surface area contributed by atoms with Gasteiger partial charge in [0.05, 0.1) is 11.5 Å². The summed E-state index contributed by atoms with van der Waals surface area (Å²) in [7, 11) is -3.76. The van der Waals surface area contributed by atoms with Crippen LogP contribution in [0.15, 0.2) is 23.1 Å². The maximum absolute atomic E-state index is 12.8. The Morgan fingerprint density at radius 3 is 2.50 bits per heavy atom. The molecule has 26 heavy (non-hydrogen) atoms. The van der Waals surface area contributed by atoms with Gasteiger partial charge in [0.1, 0.15) is 11.3 Å². The third-order valence-corrected chi connectivity index (χ3v) is 6.14. The van der Waals surface area contributed by atoms with Crippen molar-refractivity contribution in [3.8, 4) is 5.75 Å². The number of sulfonamides is 1. The zero-order valence-electron chi connectivity index (χ0n) is 14.9. The number of nitrogens with zero attached hydrogens (tertiary/aromatic N) is 2. The van der Waals surface area contributed by atoms with E-state index in [1.54, 1.807) is 0 Å². The Labute approximate surface area is 154 Å². The molecule has 0 spiro atoms. The van der Waals surface area contributed by atoms with Gasteiger partial charge in [-0.1, -0.05) is 6.92 Å². The van der Waals surface area contributed by atoms with Crippen LogP contribution in [0.2, 0.25) is 0 Å². The van der Waals surface area contributed by atoms with E-state index in [0.717, 1.165) is 13.0 Å². The second-order valence-corrected chi connectivity index (χ2v) is 8.07. The van der Waals surface area contributed by atoms with Gasteiger partial charge in [0.2, 0.25) is 10.0 Å². The molecular formula is C17H26N2O6S. The molecule has 1 aromatic carbocycles. The van der Waals surface area contributed by atoms with Gasteiger partial charge in [0.25, 0.3) is 0 Å². The smallest absolute Gasteiger partial charge is 0.339 e. The molecule has 1 aliphatic heterocycles. The average molecular weight is 386 g/mol. The van der Waals surface area contributed by atoms with E-state index in [0.29, 0.717) is 39.2 Å². The fraction of sp³-hybridized carbons (Fsp3) is 0.588. The number of ether oxygens (including phenoxy) is 1. The van der Waals surface area contributed by atoms with Crippen LogP contribution in [0.5, 0.6) is 5.75 Å². The fourth-order valence-corrected chi connectivity index (χ4v) is 4.26. The molecule has 9 heteroatoms. The van der Waals surface area contributed by atoms with E-state index in [1.807, 2.05) is 6.92 Å². The van der Waals surface area contributed by atoms with Gasteiger partial charge in [0.15, 0.2) is 0 Å². The number of rotatable bonds is 9. The van der Waals surface area contributed by atoms with Gasteiger partial charge in [-0.3, -0.25) is 0 Å². The van der Waals surface area contributed by atoms with Gasteiger partial charge < -0.3 is 19.8 Å². The van der Waals surface area contributed by atoms with E-state index < -0.39 is 16.0 Å². The van der Waals surface area contributed by atoms with Gasteiger partial charge in [-0.25, -0.2) is 13.2 Å².